The molecule has 2 aromatic heterocycles. The van der Waals surface area contributed by atoms with Crippen LogP contribution in [-0.2, 0) is 4.84 Å². The molecule has 8 heteroatoms. The van der Waals surface area contributed by atoms with Gasteiger partial charge >= 0.3 is 11.9 Å². The second kappa shape index (κ2) is 7.64. The van der Waals surface area contributed by atoms with Gasteiger partial charge in [-0.3, -0.25) is 9.78 Å². The molecule has 0 aliphatic rings. The number of anilines is 1. The highest BCUT2D eigenvalue weighted by atomic mass is 16.7. The van der Waals surface area contributed by atoms with Crippen LogP contribution in [-0.4, -0.2) is 16.9 Å². The van der Waals surface area contributed by atoms with Crippen molar-refractivity contribution >= 4 is 23.3 Å². The highest BCUT2D eigenvalue weighted by Gasteiger charge is 2.10. The Morgan fingerprint density at radius 2 is 1.88 bits per heavy atom. The number of aromatic nitrogens is 1. The quantitative estimate of drug-likeness (QED) is 0.561. The fourth-order valence-corrected chi connectivity index (χ4v) is 1.79. The van der Waals surface area contributed by atoms with Crippen molar-refractivity contribution in [3.8, 4) is 0 Å². The summed E-state index contributed by atoms with van der Waals surface area (Å²) in [6.45, 7) is 0. The predicted molar refractivity (Wildman–Crippen MR) is 87.3 cm³/mol. The van der Waals surface area contributed by atoms with Gasteiger partial charge in [0, 0.05) is 6.20 Å². The van der Waals surface area contributed by atoms with Crippen molar-refractivity contribution in [1.82, 2.24) is 4.98 Å². The first-order valence-electron chi connectivity index (χ1n) is 7.20. The number of benzene rings is 1. The van der Waals surface area contributed by atoms with Crippen molar-refractivity contribution in [2.45, 2.75) is 0 Å². The lowest BCUT2D eigenvalue weighted by atomic mass is 10.3. The fraction of sp³-hybridized carbons (Fsp3) is 0. The van der Waals surface area contributed by atoms with Crippen molar-refractivity contribution in [2.75, 3.05) is 5.48 Å². The van der Waals surface area contributed by atoms with Crippen LogP contribution in [0.3, 0.4) is 0 Å². The molecule has 1 N–H and O–H groups in total. The second-order valence-electron chi connectivity index (χ2n) is 4.74. The molecule has 0 saturated heterocycles. The number of nitrogens with zero attached hydrogens (tertiary/aromatic N) is 3. The number of carbonyl (C=O) groups excluding carboxylic acids is 2. The Bertz CT molecular complexity index is 875. The number of nitrogens with one attached hydrogen (secondary N) is 1. The highest BCUT2D eigenvalue weighted by Crippen LogP contribution is 2.17. The van der Waals surface area contributed by atoms with Crippen LogP contribution in [0.5, 0.6) is 0 Å². The highest BCUT2D eigenvalue weighted by molar-refractivity contribution is 5.92. The lowest BCUT2D eigenvalue weighted by Crippen LogP contribution is -2.09. The maximum atomic E-state index is 11.8. The van der Waals surface area contributed by atoms with Gasteiger partial charge in [-0.2, -0.15) is 0 Å². The lowest BCUT2D eigenvalue weighted by Gasteiger charge is -2.05. The van der Waals surface area contributed by atoms with Gasteiger partial charge < -0.3 is 9.25 Å². The SMILES string of the molecule is O=C(N=Nc1ccc(NOC(=O)c2ccco2)cc1)c1ccccn1. The second-order valence-corrected chi connectivity index (χ2v) is 4.74. The summed E-state index contributed by atoms with van der Waals surface area (Å²) in [6.07, 6.45) is 2.88. The third-order valence-electron chi connectivity index (χ3n) is 2.99. The van der Waals surface area contributed by atoms with E-state index < -0.39 is 11.9 Å². The summed E-state index contributed by atoms with van der Waals surface area (Å²) >= 11 is 0. The van der Waals surface area contributed by atoms with E-state index in [4.69, 9.17) is 9.25 Å². The average molecular weight is 336 g/mol. The molecular formula is C17H12N4O4. The summed E-state index contributed by atoms with van der Waals surface area (Å²) in [6, 6.07) is 14.5. The number of pyridine rings is 1. The third-order valence-corrected chi connectivity index (χ3v) is 2.99. The van der Waals surface area contributed by atoms with Crippen molar-refractivity contribution in [2.24, 2.45) is 10.2 Å². The van der Waals surface area contributed by atoms with E-state index in [0.29, 0.717) is 11.4 Å². The maximum absolute atomic E-state index is 11.8. The van der Waals surface area contributed by atoms with Gasteiger partial charge in [0.25, 0.3) is 0 Å². The van der Waals surface area contributed by atoms with Gasteiger partial charge in [0.05, 0.1) is 17.6 Å². The van der Waals surface area contributed by atoms with Gasteiger partial charge in [0.1, 0.15) is 5.69 Å². The van der Waals surface area contributed by atoms with Gasteiger partial charge in [0.2, 0.25) is 5.76 Å². The molecule has 124 valence electrons. The van der Waals surface area contributed by atoms with Crippen molar-refractivity contribution in [3.05, 3.63) is 78.5 Å². The minimum absolute atomic E-state index is 0.0888. The van der Waals surface area contributed by atoms with E-state index >= 15 is 0 Å². The summed E-state index contributed by atoms with van der Waals surface area (Å²) in [7, 11) is 0. The van der Waals surface area contributed by atoms with Crippen LogP contribution in [0.15, 0.2) is 81.7 Å². The molecule has 0 aliphatic heterocycles. The Hall–Kier alpha value is -3.81. The summed E-state index contributed by atoms with van der Waals surface area (Å²) < 4.78 is 4.91. The van der Waals surface area contributed by atoms with Crippen LogP contribution >= 0.6 is 0 Å². The standard InChI is InChI=1S/C17H12N4O4/c22-16(14-4-1-2-10-18-14)20-19-12-6-8-13(9-7-12)21-25-17(23)15-5-3-11-24-15/h1-11,21H. The Morgan fingerprint density at radius 3 is 2.56 bits per heavy atom. The first-order chi connectivity index (χ1) is 12.2. The largest absolute Gasteiger partial charge is 0.457 e. The van der Waals surface area contributed by atoms with E-state index in [2.05, 4.69) is 20.7 Å². The van der Waals surface area contributed by atoms with Crippen LogP contribution in [0.2, 0.25) is 0 Å². The summed E-state index contributed by atoms with van der Waals surface area (Å²) in [5.74, 6) is -1.09. The van der Waals surface area contributed by atoms with E-state index in [0.717, 1.165) is 0 Å². The number of hydrogen-bond acceptors (Lipinski definition) is 7. The molecule has 0 bridgehead atoms. The van der Waals surface area contributed by atoms with E-state index in [1.165, 1.54) is 18.5 Å². The molecule has 0 saturated carbocycles. The molecule has 0 fully saturated rings. The molecule has 1 amide bonds. The molecular weight excluding hydrogens is 324 g/mol. The molecule has 0 aliphatic carbocycles. The third kappa shape index (κ3) is 4.35. The van der Waals surface area contributed by atoms with E-state index in [-0.39, 0.29) is 11.5 Å². The molecule has 25 heavy (non-hydrogen) atoms. The number of furan rings is 1. The normalized spacial score (nSPS) is 10.6. The van der Waals surface area contributed by atoms with Gasteiger partial charge in [-0.25, -0.2) is 10.3 Å². The topological polar surface area (TPSA) is 106 Å². The summed E-state index contributed by atoms with van der Waals surface area (Å²) in [5.41, 5.74) is 3.70. The Kier molecular flexibility index (Phi) is 4.91. The zero-order valence-corrected chi connectivity index (χ0v) is 12.8. The van der Waals surface area contributed by atoms with Crippen molar-refractivity contribution < 1.29 is 18.8 Å². The van der Waals surface area contributed by atoms with Crippen LogP contribution in [0.25, 0.3) is 0 Å². The minimum Gasteiger partial charge on any atom is -0.457 e. The zero-order valence-electron chi connectivity index (χ0n) is 12.8. The monoisotopic (exact) mass is 336 g/mol. The first kappa shape index (κ1) is 16.1. The Balaban J connectivity index is 1.56. The van der Waals surface area contributed by atoms with Crippen LogP contribution in [0, 0.1) is 0 Å². The number of hydrogen-bond donors (Lipinski definition) is 1. The molecule has 8 nitrogen and oxygen atoms in total. The van der Waals surface area contributed by atoms with Gasteiger partial charge in [0.15, 0.2) is 0 Å². The van der Waals surface area contributed by atoms with Crippen molar-refractivity contribution in [3.63, 3.8) is 0 Å². The predicted octanol–water partition coefficient (Wildman–Crippen LogP) is 3.78. The van der Waals surface area contributed by atoms with Crippen LogP contribution in [0.4, 0.5) is 11.4 Å². The van der Waals surface area contributed by atoms with Crippen LogP contribution < -0.4 is 5.48 Å². The number of rotatable bonds is 5. The number of azo groups is 1. The minimum atomic E-state index is -0.644. The molecule has 0 radical (unpaired) electrons. The van der Waals surface area contributed by atoms with E-state index in [9.17, 15) is 9.59 Å². The smallest absolute Gasteiger partial charge is 0.398 e. The Labute approximate surface area is 142 Å². The first-order valence-corrected chi connectivity index (χ1v) is 7.20. The molecule has 0 atom stereocenters. The Morgan fingerprint density at radius 1 is 1.04 bits per heavy atom. The number of carbonyl (C=O) groups is 2. The summed E-state index contributed by atoms with van der Waals surface area (Å²) in [5, 5.41) is 7.45. The van der Waals surface area contributed by atoms with Crippen molar-refractivity contribution in [1.29, 1.82) is 0 Å². The fourth-order valence-electron chi connectivity index (χ4n) is 1.79. The van der Waals surface area contributed by atoms with Crippen LogP contribution in [0.1, 0.15) is 21.0 Å². The molecule has 0 unspecified atom stereocenters. The van der Waals surface area contributed by atoms with E-state index in [1.807, 2.05) is 0 Å². The van der Waals surface area contributed by atoms with Gasteiger partial charge in [-0.1, -0.05) is 6.07 Å². The molecule has 3 rings (SSSR count). The lowest BCUT2D eigenvalue weighted by molar-refractivity contribution is 0.0560. The molecule has 2 heterocycles. The zero-order chi connectivity index (χ0) is 17.5. The maximum Gasteiger partial charge on any atom is 0.398 e. The molecule has 1 aromatic carbocycles. The number of amides is 1. The van der Waals surface area contributed by atoms with Gasteiger partial charge in [-0.15, -0.1) is 10.2 Å². The van der Waals surface area contributed by atoms with E-state index in [1.54, 1.807) is 48.5 Å². The molecule has 0 spiro atoms. The van der Waals surface area contributed by atoms with Gasteiger partial charge in [-0.05, 0) is 48.5 Å². The summed E-state index contributed by atoms with van der Waals surface area (Å²) in [4.78, 5) is 32.1. The molecule has 3 aromatic rings. The average Bonchev–Trinajstić information content (AvgIpc) is 3.20.